The molecule has 2 N–H and O–H groups in total. The summed E-state index contributed by atoms with van der Waals surface area (Å²) in [6, 6.07) is 11.2. The van der Waals surface area contributed by atoms with E-state index < -0.39 is 0 Å². The summed E-state index contributed by atoms with van der Waals surface area (Å²) in [5.41, 5.74) is 7.54. The van der Waals surface area contributed by atoms with Crippen molar-refractivity contribution in [2.45, 2.75) is 25.4 Å². The van der Waals surface area contributed by atoms with Crippen LogP contribution in [0.4, 0.5) is 15.9 Å². The Morgan fingerprint density at radius 1 is 1.21 bits per heavy atom. The summed E-state index contributed by atoms with van der Waals surface area (Å²) in [4.78, 5) is 6.22. The first-order chi connectivity index (χ1) is 9.24. The summed E-state index contributed by atoms with van der Waals surface area (Å²) in [7, 11) is 0. The van der Waals surface area contributed by atoms with Crippen molar-refractivity contribution in [3.63, 3.8) is 0 Å². The van der Waals surface area contributed by atoms with Crippen molar-refractivity contribution in [1.29, 1.82) is 0 Å². The molecular weight excluding hydrogens is 241 g/mol. The smallest absolute Gasteiger partial charge is 0.165 e. The van der Waals surface area contributed by atoms with Gasteiger partial charge >= 0.3 is 0 Å². The number of nitrogens with zero attached hydrogens (tertiary/aromatic N) is 2. The van der Waals surface area contributed by atoms with Gasteiger partial charge in [0.2, 0.25) is 0 Å². The highest BCUT2D eigenvalue weighted by molar-refractivity contribution is 5.45. The summed E-state index contributed by atoms with van der Waals surface area (Å²) in [5, 5.41) is 0. The van der Waals surface area contributed by atoms with E-state index in [0.29, 0.717) is 18.4 Å². The van der Waals surface area contributed by atoms with Crippen LogP contribution in [0.5, 0.6) is 0 Å². The van der Waals surface area contributed by atoms with Crippen molar-refractivity contribution in [3.8, 4) is 0 Å². The molecule has 0 bridgehead atoms. The van der Waals surface area contributed by atoms with Crippen LogP contribution in [0.25, 0.3) is 0 Å². The van der Waals surface area contributed by atoms with Gasteiger partial charge in [0.25, 0.3) is 0 Å². The highest BCUT2D eigenvalue weighted by Gasteiger charge is 2.31. The molecule has 2 aromatic rings. The van der Waals surface area contributed by atoms with Crippen molar-refractivity contribution >= 4 is 11.5 Å². The van der Waals surface area contributed by atoms with E-state index in [1.54, 1.807) is 12.3 Å². The third-order valence-corrected chi connectivity index (χ3v) is 3.33. The van der Waals surface area contributed by atoms with Crippen LogP contribution in [-0.2, 0) is 6.54 Å². The molecule has 0 unspecified atom stereocenters. The molecule has 0 saturated heterocycles. The lowest BCUT2D eigenvalue weighted by molar-refractivity contribution is 0.606. The van der Waals surface area contributed by atoms with Gasteiger partial charge < -0.3 is 10.6 Å². The highest BCUT2D eigenvalue weighted by atomic mass is 19.1. The summed E-state index contributed by atoms with van der Waals surface area (Å²) in [6.07, 6.45) is 3.84. The van der Waals surface area contributed by atoms with Gasteiger partial charge in [0.1, 0.15) is 0 Å². The van der Waals surface area contributed by atoms with E-state index in [1.807, 2.05) is 29.2 Å². The van der Waals surface area contributed by atoms with Crippen molar-refractivity contribution in [1.82, 2.24) is 4.98 Å². The largest absolute Gasteiger partial charge is 0.399 e. The Bertz CT molecular complexity index is 564. The Balaban J connectivity index is 1.86. The van der Waals surface area contributed by atoms with Gasteiger partial charge in [-0.05, 0) is 42.7 Å². The summed E-state index contributed by atoms with van der Waals surface area (Å²) >= 11 is 0. The van der Waals surface area contributed by atoms with Crippen LogP contribution < -0.4 is 10.6 Å². The Hall–Kier alpha value is -2.10. The molecule has 0 atom stereocenters. The fourth-order valence-electron chi connectivity index (χ4n) is 2.17. The lowest BCUT2D eigenvalue weighted by atomic mass is 10.2. The molecule has 1 aliphatic carbocycles. The molecule has 3 nitrogen and oxygen atoms in total. The van der Waals surface area contributed by atoms with Gasteiger partial charge in [-0.15, -0.1) is 0 Å². The van der Waals surface area contributed by atoms with Crippen molar-refractivity contribution in [3.05, 3.63) is 54.0 Å². The second-order valence-electron chi connectivity index (χ2n) is 4.91. The number of hydrogen-bond donors (Lipinski definition) is 1. The molecule has 1 heterocycles. The van der Waals surface area contributed by atoms with E-state index in [0.717, 1.165) is 24.1 Å². The average molecular weight is 257 g/mol. The van der Waals surface area contributed by atoms with Crippen molar-refractivity contribution in [2.75, 3.05) is 10.6 Å². The van der Waals surface area contributed by atoms with Crippen LogP contribution in [0.2, 0.25) is 0 Å². The van der Waals surface area contributed by atoms with E-state index in [-0.39, 0.29) is 5.82 Å². The molecule has 0 radical (unpaired) electrons. The van der Waals surface area contributed by atoms with Crippen LogP contribution in [0, 0.1) is 5.82 Å². The molecule has 3 rings (SSSR count). The molecule has 1 aliphatic rings. The second-order valence-corrected chi connectivity index (χ2v) is 4.91. The molecular formula is C15H16FN3. The van der Waals surface area contributed by atoms with Gasteiger partial charge in [0, 0.05) is 24.5 Å². The zero-order valence-corrected chi connectivity index (χ0v) is 10.6. The van der Waals surface area contributed by atoms with E-state index in [9.17, 15) is 4.39 Å². The molecule has 1 aromatic carbocycles. The van der Waals surface area contributed by atoms with Crippen LogP contribution in [0.1, 0.15) is 18.4 Å². The van der Waals surface area contributed by atoms with Gasteiger partial charge in [0.15, 0.2) is 11.6 Å². The first-order valence-electron chi connectivity index (χ1n) is 6.45. The number of pyridine rings is 1. The number of anilines is 2. The van der Waals surface area contributed by atoms with Crippen molar-refractivity contribution < 1.29 is 4.39 Å². The topological polar surface area (TPSA) is 42.1 Å². The van der Waals surface area contributed by atoms with Crippen LogP contribution in [-0.4, -0.2) is 11.0 Å². The van der Waals surface area contributed by atoms with Gasteiger partial charge in [-0.1, -0.05) is 12.1 Å². The van der Waals surface area contributed by atoms with E-state index >= 15 is 0 Å². The minimum Gasteiger partial charge on any atom is -0.399 e. The minimum atomic E-state index is -0.259. The molecule has 0 spiro atoms. The van der Waals surface area contributed by atoms with E-state index in [2.05, 4.69) is 4.98 Å². The molecule has 0 aliphatic heterocycles. The maximum Gasteiger partial charge on any atom is 0.165 e. The molecule has 98 valence electrons. The number of aromatic nitrogens is 1. The predicted octanol–water partition coefficient (Wildman–Crippen LogP) is 2.97. The SMILES string of the molecule is Nc1ccc(CN(c2ncccc2F)C2CC2)cc1. The number of nitrogen functional groups attached to an aromatic ring is 1. The zero-order chi connectivity index (χ0) is 13.2. The van der Waals surface area contributed by atoms with Gasteiger partial charge in [0.05, 0.1) is 0 Å². The highest BCUT2D eigenvalue weighted by Crippen LogP contribution is 2.33. The molecule has 19 heavy (non-hydrogen) atoms. The van der Waals surface area contributed by atoms with Crippen molar-refractivity contribution in [2.24, 2.45) is 0 Å². The zero-order valence-electron chi connectivity index (χ0n) is 10.6. The van der Waals surface area contributed by atoms with Crippen LogP contribution >= 0.6 is 0 Å². The Morgan fingerprint density at radius 2 is 1.95 bits per heavy atom. The van der Waals surface area contributed by atoms with Crippen LogP contribution in [0.15, 0.2) is 42.6 Å². The summed E-state index contributed by atoms with van der Waals surface area (Å²) in [6.45, 7) is 0.666. The maximum absolute atomic E-state index is 13.9. The fourth-order valence-corrected chi connectivity index (χ4v) is 2.17. The van der Waals surface area contributed by atoms with Gasteiger partial charge in [-0.25, -0.2) is 9.37 Å². The third-order valence-electron chi connectivity index (χ3n) is 3.33. The molecule has 4 heteroatoms. The lowest BCUT2D eigenvalue weighted by Crippen LogP contribution is -2.27. The van der Waals surface area contributed by atoms with E-state index in [1.165, 1.54) is 6.07 Å². The normalized spacial score (nSPS) is 14.4. The number of nitrogens with two attached hydrogens (primary N) is 1. The molecule has 1 saturated carbocycles. The number of halogens is 1. The molecule has 1 fully saturated rings. The fraction of sp³-hybridized carbons (Fsp3) is 0.267. The van der Waals surface area contributed by atoms with Gasteiger partial charge in [-0.2, -0.15) is 0 Å². The first kappa shape index (κ1) is 12.0. The monoisotopic (exact) mass is 257 g/mol. The lowest BCUT2D eigenvalue weighted by Gasteiger charge is -2.24. The second kappa shape index (κ2) is 4.88. The third kappa shape index (κ3) is 2.67. The van der Waals surface area contributed by atoms with Gasteiger partial charge in [-0.3, -0.25) is 0 Å². The molecule has 0 amide bonds. The number of benzene rings is 1. The minimum absolute atomic E-state index is 0.259. The van der Waals surface area contributed by atoms with E-state index in [4.69, 9.17) is 5.73 Å². The Morgan fingerprint density at radius 3 is 2.58 bits per heavy atom. The Kier molecular flexibility index (Phi) is 3.07. The molecule has 1 aromatic heterocycles. The number of hydrogen-bond acceptors (Lipinski definition) is 3. The maximum atomic E-state index is 13.9. The standard InChI is InChI=1S/C15H16FN3/c16-14-2-1-9-18-15(14)19(13-7-8-13)10-11-3-5-12(17)6-4-11/h1-6,9,13H,7-8,10,17H2. The summed E-state index contributed by atoms with van der Waals surface area (Å²) < 4.78 is 13.9. The Labute approximate surface area is 111 Å². The number of rotatable bonds is 4. The summed E-state index contributed by atoms with van der Waals surface area (Å²) in [5.74, 6) is 0.187. The predicted molar refractivity (Wildman–Crippen MR) is 74.3 cm³/mol. The van der Waals surface area contributed by atoms with Crippen LogP contribution in [0.3, 0.4) is 0 Å². The average Bonchev–Trinajstić information content (AvgIpc) is 3.24. The quantitative estimate of drug-likeness (QED) is 0.856. The first-order valence-corrected chi connectivity index (χ1v) is 6.45.